The number of aromatic nitrogens is 4. The van der Waals surface area contributed by atoms with E-state index in [4.69, 9.17) is 5.32 Å². The van der Waals surface area contributed by atoms with Gasteiger partial charge in [0.2, 0.25) is 0 Å². The van der Waals surface area contributed by atoms with Crippen molar-refractivity contribution in [1.82, 2.24) is 19.6 Å². The Morgan fingerprint density at radius 3 is 0.758 bits per heavy atom. The van der Waals surface area contributed by atoms with Gasteiger partial charge < -0.3 is 10.6 Å². The predicted octanol–water partition coefficient (Wildman–Crippen LogP) is 25.4. The fourth-order valence-corrected chi connectivity index (χ4v) is 9.70. The number of rotatable bonds is 14. The first-order valence-corrected chi connectivity index (χ1v) is 34.2. The van der Waals surface area contributed by atoms with Crippen LogP contribution in [-0.2, 0) is 66.5 Å². The molecule has 0 aliphatic carbocycles. The smallest absolute Gasteiger partial charge is 0.676 e. The molecule has 0 radical (unpaired) electrons. The maximum atomic E-state index is 5.25. The van der Waals surface area contributed by atoms with Gasteiger partial charge in [0.25, 0.3) is 0 Å². The van der Waals surface area contributed by atoms with Gasteiger partial charge in [0, 0.05) is 37.9 Å². The summed E-state index contributed by atoms with van der Waals surface area (Å²) in [6.07, 6.45) is 6.12. The summed E-state index contributed by atoms with van der Waals surface area (Å²) in [6, 6.07) is 87.0. The Labute approximate surface area is 640 Å². The molecule has 1 N–H and O–H groups in total. The molecule has 0 saturated carbocycles. The zero-order valence-corrected chi connectivity index (χ0v) is 67.1. The molecule has 8 heteroatoms. The summed E-state index contributed by atoms with van der Waals surface area (Å²) >= 11 is 0. The molecule has 2 heterocycles. The maximum Gasteiger partial charge on any atom is 4.00 e. The van der Waals surface area contributed by atoms with Crippen LogP contribution in [0.4, 0.5) is 11.4 Å². The van der Waals surface area contributed by atoms with Gasteiger partial charge in [-0.1, -0.05) is 186 Å². The van der Waals surface area contributed by atoms with E-state index in [1.54, 1.807) is 0 Å². The molecule has 99 heavy (non-hydrogen) atoms. The molecule has 0 fully saturated rings. The molecular formula is C91H114N6Zr2. The van der Waals surface area contributed by atoms with Crippen LogP contribution in [0, 0.1) is 60.3 Å². The van der Waals surface area contributed by atoms with Crippen LogP contribution < -0.4 is 5.32 Å². The molecule has 9 aromatic carbocycles. The van der Waals surface area contributed by atoms with Gasteiger partial charge in [-0.05, 0) is 65.2 Å². The minimum Gasteiger partial charge on any atom is -0.676 e. The van der Waals surface area contributed by atoms with E-state index in [-0.39, 0.29) is 64.5 Å². The summed E-state index contributed by atoms with van der Waals surface area (Å²) < 4.78 is 3.76. The van der Waals surface area contributed by atoms with Gasteiger partial charge in [0.15, 0.2) is 0 Å². The quantitative estimate of drug-likeness (QED) is 0.110. The van der Waals surface area contributed by atoms with Crippen molar-refractivity contribution in [3.63, 3.8) is 0 Å². The fourth-order valence-electron chi connectivity index (χ4n) is 9.70. The fraction of sp³-hybridized carbons (Fsp3) is 0.264. The van der Waals surface area contributed by atoms with Crippen molar-refractivity contribution in [2.75, 3.05) is 5.32 Å². The third-order valence-electron chi connectivity index (χ3n) is 14.8. The van der Waals surface area contributed by atoms with Crippen LogP contribution in [0.2, 0.25) is 0 Å². The minimum absolute atomic E-state index is 0. The SMILES string of the molecule is CC(C)CC(Nc1c(C(C)C)cccc1C(C)C)c1ccn(C)n1.CC(C)CC([N-]c1c(C(C)C)cccc1C(C)C)c1ccn(C)n1.[CH2-]c1ccccc1.[CH2-]c1ccccc1.[CH2-]c1ccccc1.[CH2-]c1ccccc1.[CH2-]c1ccccc1.[CH2-]c1ccccc1.[CH2-]c1ccccc1.[Zr+4].[Zr+4]. The van der Waals surface area contributed by atoms with Crippen LogP contribution >= 0.6 is 0 Å². The molecule has 2 aromatic heterocycles. The van der Waals surface area contributed by atoms with E-state index in [0.717, 1.165) is 63.2 Å². The molecule has 11 aromatic rings. The van der Waals surface area contributed by atoms with Crippen LogP contribution in [0.1, 0.15) is 204 Å². The number of nitrogens with one attached hydrogen (secondary N) is 1. The molecule has 516 valence electrons. The summed E-state index contributed by atoms with van der Waals surface area (Å²) in [5, 5.41) is 18.4. The van der Waals surface area contributed by atoms with E-state index >= 15 is 0 Å². The molecule has 0 bridgehead atoms. The number of nitrogens with zero attached hydrogens (tertiary/aromatic N) is 5. The number of benzene rings is 9. The van der Waals surface area contributed by atoms with E-state index in [9.17, 15) is 0 Å². The Morgan fingerprint density at radius 1 is 0.313 bits per heavy atom. The van der Waals surface area contributed by atoms with Crippen molar-refractivity contribution >= 4 is 11.4 Å². The molecule has 6 nitrogen and oxygen atoms in total. The van der Waals surface area contributed by atoms with Crippen molar-refractivity contribution in [2.24, 2.45) is 25.9 Å². The Balaban J connectivity index is 0.000000594. The first kappa shape index (κ1) is 88.9. The van der Waals surface area contributed by atoms with Crippen molar-refractivity contribution in [1.29, 1.82) is 0 Å². The van der Waals surface area contributed by atoms with Crippen molar-refractivity contribution in [3.05, 3.63) is 400 Å². The average molecular weight is 1470 g/mol. The molecular weight excluding hydrogens is 1360 g/mol. The van der Waals surface area contributed by atoms with Gasteiger partial charge in [-0.15, -0.1) is 90.6 Å². The third kappa shape index (κ3) is 38.7. The maximum absolute atomic E-state index is 5.25. The second-order valence-electron chi connectivity index (χ2n) is 26.0. The van der Waals surface area contributed by atoms with E-state index in [2.05, 4.69) is 196 Å². The van der Waals surface area contributed by atoms with Gasteiger partial charge >= 0.3 is 52.4 Å². The molecule has 0 saturated heterocycles. The van der Waals surface area contributed by atoms with Crippen LogP contribution in [0.5, 0.6) is 0 Å². The van der Waals surface area contributed by atoms with Gasteiger partial charge in [0.05, 0.1) is 11.7 Å². The number of anilines is 1. The third-order valence-corrected chi connectivity index (χ3v) is 14.8. The first-order valence-electron chi connectivity index (χ1n) is 34.2. The monoisotopic (exact) mass is 1470 g/mol. The Morgan fingerprint density at radius 2 is 0.556 bits per heavy atom. The number of aryl methyl sites for hydroxylation is 2. The van der Waals surface area contributed by atoms with Crippen molar-refractivity contribution in [3.8, 4) is 0 Å². The van der Waals surface area contributed by atoms with Gasteiger partial charge in [-0.25, -0.2) is 0 Å². The van der Waals surface area contributed by atoms with Gasteiger partial charge in [-0.2, -0.15) is 183 Å². The molecule has 0 amide bonds. The van der Waals surface area contributed by atoms with Crippen LogP contribution in [0.15, 0.2) is 273 Å². The Hall–Kier alpha value is -8.14. The second-order valence-corrected chi connectivity index (χ2v) is 26.0. The minimum atomic E-state index is 0. The Kier molecular flexibility index (Phi) is 45.8. The van der Waals surface area contributed by atoms with Gasteiger partial charge in [0.1, 0.15) is 0 Å². The van der Waals surface area contributed by atoms with E-state index in [1.807, 2.05) is 248 Å². The largest absolute Gasteiger partial charge is 4.00 e. The van der Waals surface area contributed by atoms with Crippen molar-refractivity contribution in [2.45, 2.75) is 132 Å². The van der Waals surface area contributed by atoms with E-state index in [1.165, 1.54) is 33.6 Å². The predicted molar refractivity (Wildman–Crippen MR) is 423 cm³/mol. The van der Waals surface area contributed by atoms with Crippen LogP contribution in [-0.4, -0.2) is 19.6 Å². The number of hydrogen-bond donors (Lipinski definition) is 1. The zero-order valence-electron chi connectivity index (χ0n) is 62.2. The van der Waals surface area contributed by atoms with E-state index < -0.39 is 0 Å². The molecule has 2 atom stereocenters. The number of para-hydroxylation sites is 2. The molecule has 0 aliphatic heterocycles. The topological polar surface area (TPSA) is 61.8 Å². The zero-order chi connectivity index (χ0) is 71.5. The van der Waals surface area contributed by atoms with Gasteiger partial charge in [-0.3, -0.25) is 9.36 Å². The average Bonchev–Trinajstić information content (AvgIpc) is 1.53. The van der Waals surface area contributed by atoms with Crippen LogP contribution in [0.25, 0.3) is 5.32 Å². The number of hydrogen-bond acceptors (Lipinski definition) is 3. The molecule has 2 unspecified atom stereocenters. The standard InChI is InChI=1S/C21H33N3.C21H32N3.7C7H7.2Zr/c2*1-14(2)13-20(19-11-12-24(7)23-19)22-21-17(15(3)4)9-8-10-18(21)16(5)6;7*1-7-5-3-2-4-6-7;;/h8-12,14-16,20,22H,13H2,1-7H3;8-12,14-16,20H,13H2,1-7H3;7*2-6H,1H2;;/q;8*-1;2*+4. The van der Waals surface area contributed by atoms with Crippen molar-refractivity contribution < 1.29 is 52.4 Å². The normalized spacial score (nSPS) is 10.6. The molecule has 11 rings (SSSR count). The van der Waals surface area contributed by atoms with Crippen LogP contribution in [0.3, 0.4) is 0 Å². The summed E-state index contributed by atoms with van der Waals surface area (Å²) in [6.45, 7) is 53.2. The van der Waals surface area contributed by atoms with E-state index in [0.29, 0.717) is 35.5 Å². The first-order chi connectivity index (χ1) is 46.3. The molecule has 0 aliphatic rings. The summed E-state index contributed by atoms with van der Waals surface area (Å²) in [4.78, 5) is 0. The second kappa shape index (κ2) is 51.1. The summed E-state index contributed by atoms with van der Waals surface area (Å²) in [7, 11) is 3.95. The molecule has 0 spiro atoms. The Bertz CT molecular complexity index is 3160. The summed E-state index contributed by atoms with van der Waals surface area (Å²) in [5.74, 6) is 3.11. The summed E-state index contributed by atoms with van der Waals surface area (Å²) in [5.41, 5.74) is 17.6.